The van der Waals surface area contributed by atoms with E-state index in [1.54, 1.807) is 0 Å². The van der Waals surface area contributed by atoms with Gasteiger partial charge in [-0.25, -0.2) is 9.37 Å². The van der Waals surface area contributed by atoms with Crippen LogP contribution in [0.3, 0.4) is 0 Å². The van der Waals surface area contributed by atoms with E-state index in [1.165, 1.54) is 29.5 Å². The Bertz CT molecular complexity index is 802. The summed E-state index contributed by atoms with van der Waals surface area (Å²) in [4.78, 5) is 10.2. The minimum Gasteiger partial charge on any atom is -0.368 e. The minimum atomic E-state index is -0.378. The molecule has 3 rings (SSSR count). The summed E-state index contributed by atoms with van der Waals surface area (Å²) in [6.45, 7) is 1.97. The molecule has 1 aromatic carbocycles. The van der Waals surface area contributed by atoms with Gasteiger partial charge < -0.3 is 11.1 Å². The fourth-order valence-electron chi connectivity index (χ4n) is 1.87. The number of nitrogens with one attached hydrogen (secondary N) is 1. The Balaban J connectivity index is 2.12. The van der Waals surface area contributed by atoms with Crippen LogP contribution in [0, 0.1) is 12.7 Å². The van der Waals surface area contributed by atoms with Crippen LogP contribution in [-0.2, 0) is 0 Å². The predicted molar refractivity (Wildman–Crippen MR) is 81.3 cm³/mol. The van der Waals surface area contributed by atoms with E-state index in [0.717, 1.165) is 15.1 Å². The number of aryl methyl sites for hydroxylation is 1. The zero-order valence-corrected chi connectivity index (χ0v) is 12.0. The maximum Gasteiger partial charge on any atom is 0.223 e. The van der Waals surface area contributed by atoms with Crippen molar-refractivity contribution >= 4 is 50.6 Å². The highest BCUT2D eigenvalue weighted by Gasteiger charge is 2.11. The summed E-state index contributed by atoms with van der Waals surface area (Å²) in [7, 11) is 0. The Labute approximate surface area is 123 Å². The van der Waals surface area contributed by atoms with Crippen LogP contribution < -0.4 is 11.1 Å². The number of fused-ring (bicyclic) bond motifs is 1. The lowest BCUT2D eigenvalue weighted by atomic mass is 10.3. The third-order valence-corrected chi connectivity index (χ3v) is 3.99. The number of halogens is 2. The number of hydrogen-bond acceptors (Lipinski definition) is 5. The number of rotatable bonds is 2. The number of hydrogen-bond donors (Lipinski definition) is 2. The molecule has 0 fully saturated rings. The molecule has 0 saturated carbocycles. The second-order valence-electron chi connectivity index (χ2n) is 4.26. The number of nitrogen functional groups attached to an aromatic ring is 1. The van der Waals surface area contributed by atoms with Crippen LogP contribution in [-0.4, -0.2) is 9.97 Å². The van der Waals surface area contributed by atoms with E-state index in [4.69, 9.17) is 17.3 Å². The largest absolute Gasteiger partial charge is 0.368 e. The number of aromatic nitrogens is 2. The minimum absolute atomic E-state index is 0.161. The van der Waals surface area contributed by atoms with Crippen LogP contribution in [0.15, 0.2) is 24.3 Å². The van der Waals surface area contributed by atoms with Gasteiger partial charge in [-0.1, -0.05) is 11.6 Å². The maximum absolute atomic E-state index is 13.3. The van der Waals surface area contributed by atoms with Crippen molar-refractivity contribution in [1.29, 1.82) is 0 Å². The van der Waals surface area contributed by atoms with Gasteiger partial charge >= 0.3 is 0 Å². The van der Waals surface area contributed by atoms with Crippen molar-refractivity contribution < 1.29 is 4.39 Å². The summed E-state index contributed by atoms with van der Waals surface area (Å²) in [6, 6.07) is 6.05. The molecule has 0 aliphatic rings. The number of anilines is 3. The van der Waals surface area contributed by atoms with E-state index in [1.807, 2.05) is 13.0 Å². The standard InChI is InChI=1S/C13H10ClFN4S/c1-6-4-8-11(18-13(16)19-12(8)20-6)17-10-5-7(15)2-3-9(10)14/h2-5H,1H3,(H3,16,17,18,19). The van der Waals surface area contributed by atoms with Crippen LogP contribution >= 0.6 is 22.9 Å². The fourth-order valence-corrected chi connectivity index (χ4v) is 2.93. The molecular weight excluding hydrogens is 299 g/mol. The summed E-state index contributed by atoms with van der Waals surface area (Å²) < 4.78 is 13.3. The van der Waals surface area contributed by atoms with Gasteiger partial charge in [0.25, 0.3) is 0 Å². The molecule has 2 aromatic heterocycles. The molecule has 4 nitrogen and oxygen atoms in total. The van der Waals surface area contributed by atoms with Gasteiger partial charge in [0.05, 0.1) is 16.1 Å². The van der Waals surface area contributed by atoms with Gasteiger partial charge in [-0.05, 0) is 31.2 Å². The molecular formula is C13H10ClFN4S. The number of nitrogens with two attached hydrogens (primary N) is 1. The fraction of sp³-hybridized carbons (Fsp3) is 0.0769. The Hall–Kier alpha value is -1.92. The van der Waals surface area contributed by atoms with Crippen LogP contribution in [0.4, 0.5) is 21.8 Å². The first-order valence-corrected chi connectivity index (χ1v) is 6.98. The van der Waals surface area contributed by atoms with Crippen molar-refractivity contribution in [2.75, 3.05) is 11.1 Å². The molecule has 3 N–H and O–H groups in total. The Morgan fingerprint density at radius 2 is 2.10 bits per heavy atom. The molecule has 3 aromatic rings. The van der Waals surface area contributed by atoms with Gasteiger partial charge in [0.2, 0.25) is 5.95 Å². The molecule has 7 heteroatoms. The molecule has 2 heterocycles. The van der Waals surface area contributed by atoms with Gasteiger partial charge in [0.1, 0.15) is 16.5 Å². The zero-order chi connectivity index (χ0) is 14.3. The van der Waals surface area contributed by atoms with Gasteiger partial charge in [0, 0.05) is 4.88 Å². The normalized spacial score (nSPS) is 10.9. The Morgan fingerprint density at radius 3 is 2.90 bits per heavy atom. The van der Waals surface area contributed by atoms with Gasteiger partial charge in [-0.3, -0.25) is 0 Å². The third-order valence-electron chi connectivity index (χ3n) is 2.71. The van der Waals surface area contributed by atoms with Crippen molar-refractivity contribution in [1.82, 2.24) is 9.97 Å². The summed E-state index contributed by atoms with van der Waals surface area (Å²) in [6.07, 6.45) is 0. The molecule has 0 amide bonds. The van der Waals surface area contributed by atoms with Crippen molar-refractivity contribution in [2.45, 2.75) is 6.92 Å². The van der Waals surface area contributed by atoms with Crippen molar-refractivity contribution in [2.24, 2.45) is 0 Å². The van der Waals surface area contributed by atoms with Crippen LogP contribution in [0.5, 0.6) is 0 Å². The molecule has 0 atom stereocenters. The SMILES string of the molecule is Cc1cc2c(Nc3cc(F)ccc3Cl)nc(N)nc2s1. The topological polar surface area (TPSA) is 63.8 Å². The van der Waals surface area contributed by atoms with E-state index in [0.29, 0.717) is 16.5 Å². The number of thiophene rings is 1. The summed E-state index contributed by atoms with van der Waals surface area (Å²) >= 11 is 7.56. The lowest BCUT2D eigenvalue weighted by Gasteiger charge is -2.09. The molecule has 20 heavy (non-hydrogen) atoms. The molecule has 0 saturated heterocycles. The maximum atomic E-state index is 13.3. The molecule has 102 valence electrons. The highest BCUT2D eigenvalue weighted by Crippen LogP contribution is 2.32. The zero-order valence-electron chi connectivity index (χ0n) is 10.4. The number of benzene rings is 1. The monoisotopic (exact) mass is 308 g/mol. The Morgan fingerprint density at radius 1 is 1.30 bits per heavy atom. The summed E-state index contributed by atoms with van der Waals surface area (Å²) in [5.74, 6) is 0.301. The first-order valence-electron chi connectivity index (χ1n) is 5.78. The first kappa shape index (κ1) is 13.1. The summed E-state index contributed by atoms with van der Waals surface area (Å²) in [5, 5.41) is 4.26. The van der Waals surface area contributed by atoms with Crippen LogP contribution in [0.25, 0.3) is 10.2 Å². The summed E-state index contributed by atoms with van der Waals surface area (Å²) in [5.41, 5.74) is 6.13. The predicted octanol–water partition coefficient (Wildman–Crippen LogP) is 4.12. The van der Waals surface area contributed by atoms with Crippen molar-refractivity contribution in [3.05, 3.63) is 40.0 Å². The van der Waals surface area contributed by atoms with Crippen molar-refractivity contribution in [3.63, 3.8) is 0 Å². The van der Waals surface area contributed by atoms with E-state index in [-0.39, 0.29) is 11.8 Å². The van der Waals surface area contributed by atoms with E-state index >= 15 is 0 Å². The van der Waals surface area contributed by atoms with Gasteiger partial charge in [-0.2, -0.15) is 4.98 Å². The van der Waals surface area contributed by atoms with E-state index < -0.39 is 0 Å². The van der Waals surface area contributed by atoms with E-state index in [9.17, 15) is 4.39 Å². The second kappa shape index (κ2) is 4.88. The Kier molecular flexibility index (Phi) is 3.19. The first-order chi connectivity index (χ1) is 9.52. The van der Waals surface area contributed by atoms with Crippen molar-refractivity contribution in [3.8, 4) is 0 Å². The quantitative estimate of drug-likeness (QED) is 0.747. The van der Waals surface area contributed by atoms with Gasteiger partial charge in [0.15, 0.2) is 0 Å². The second-order valence-corrected chi connectivity index (χ2v) is 5.90. The lowest BCUT2D eigenvalue weighted by Crippen LogP contribution is -2.00. The van der Waals surface area contributed by atoms with Crippen LogP contribution in [0.2, 0.25) is 5.02 Å². The average Bonchev–Trinajstić information content (AvgIpc) is 2.74. The highest BCUT2D eigenvalue weighted by molar-refractivity contribution is 7.18. The van der Waals surface area contributed by atoms with Gasteiger partial charge in [-0.15, -0.1) is 11.3 Å². The van der Waals surface area contributed by atoms with E-state index in [2.05, 4.69) is 15.3 Å². The smallest absolute Gasteiger partial charge is 0.223 e. The lowest BCUT2D eigenvalue weighted by molar-refractivity contribution is 0.628. The van der Waals surface area contributed by atoms with Crippen LogP contribution in [0.1, 0.15) is 4.88 Å². The molecule has 0 unspecified atom stereocenters. The molecule has 0 aliphatic heterocycles. The average molecular weight is 309 g/mol. The number of nitrogens with zero attached hydrogens (tertiary/aromatic N) is 2. The molecule has 0 radical (unpaired) electrons. The highest BCUT2D eigenvalue weighted by atomic mass is 35.5. The molecule has 0 aliphatic carbocycles. The third kappa shape index (κ3) is 2.39. The molecule has 0 bridgehead atoms. The molecule has 0 spiro atoms.